The lowest BCUT2D eigenvalue weighted by Gasteiger charge is -2.60. The molecule has 4 aliphatic rings. The Kier molecular flexibility index (Phi) is 5.48. The van der Waals surface area contributed by atoms with Crippen molar-refractivity contribution in [1.82, 2.24) is 19.6 Å². The fourth-order valence-electron chi connectivity index (χ4n) is 6.27. The van der Waals surface area contributed by atoms with Crippen LogP contribution in [0.3, 0.4) is 0 Å². The molecule has 4 fully saturated rings. The van der Waals surface area contributed by atoms with Gasteiger partial charge in [-0.2, -0.15) is 0 Å². The lowest BCUT2D eigenvalue weighted by Crippen LogP contribution is -2.54. The average molecular weight is 438 g/mol. The van der Waals surface area contributed by atoms with Crippen LogP contribution in [0.1, 0.15) is 62.1 Å². The summed E-state index contributed by atoms with van der Waals surface area (Å²) in [5.74, 6) is 2.14. The molecule has 0 aromatic carbocycles. The number of pyridine rings is 1. The van der Waals surface area contributed by atoms with E-state index in [0.29, 0.717) is 47.4 Å². The van der Waals surface area contributed by atoms with Crippen molar-refractivity contribution in [2.45, 2.75) is 58.4 Å². The molecule has 32 heavy (non-hydrogen) atoms. The molecule has 172 valence electrons. The van der Waals surface area contributed by atoms with Crippen molar-refractivity contribution in [2.75, 3.05) is 19.6 Å². The number of nitrogens with one attached hydrogen (secondary N) is 1. The minimum absolute atomic E-state index is 0.0739. The minimum atomic E-state index is -0.0739. The molecule has 2 aromatic heterocycles. The first-order chi connectivity index (χ1) is 15.3. The van der Waals surface area contributed by atoms with Crippen molar-refractivity contribution < 1.29 is 9.59 Å². The van der Waals surface area contributed by atoms with Crippen LogP contribution < -0.4 is 11.1 Å². The molecule has 3 heterocycles. The summed E-state index contributed by atoms with van der Waals surface area (Å²) in [4.78, 5) is 32.2. The van der Waals surface area contributed by atoms with Crippen LogP contribution in [-0.2, 0) is 11.2 Å². The average Bonchev–Trinajstić information content (AvgIpc) is 3.20. The molecule has 3 saturated carbocycles. The maximum atomic E-state index is 13.0. The third kappa shape index (κ3) is 3.81. The van der Waals surface area contributed by atoms with Crippen LogP contribution in [0.2, 0.25) is 0 Å². The van der Waals surface area contributed by atoms with Crippen LogP contribution in [-0.4, -0.2) is 51.8 Å². The number of hydrogen-bond acceptors (Lipinski definition) is 4. The highest BCUT2D eigenvalue weighted by Gasteiger charge is 2.53. The number of nitrogens with zero attached hydrogens (tertiary/aromatic N) is 3. The van der Waals surface area contributed by atoms with E-state index in [0.717, 1.165) is 25.3 Å². The van der Waals surface area contributed by atoms with Crippen LogP contribution in [0.5, 0.6) is 0 Å². The second kappa shape index (κ2) is 8.18. The van der Waals surface area contributed by atoms with E-state index >= 15 is 0 Å². The molecular weight excluding hydrogens is 402 g/mol. The SMILES string of the molecule is CC1(C)[C@@H]2CC[C@@H](CNC(=O)c3cccc4nc(CC(=O)N5CCC(N)CC5)cn34)[C@@H]1C2. The Balaban J connectivity index is 1.25. The number of fused-ring (bicyclic) bond motifs is 3. The molecule has 2 bridgehead atoms. The van der Waals surface area contributed by atoms with Crippen molar-refractivity contribution in [3.8, 4) is 0 Å². The maximum Gasteiger partial charge on any atom is 0.268 e. The number of rotatable bonds is 5. The summed E-state index contributed by atoms with van der Waals surface area (Å²) in [5, 5.41) is 3.18. The fourth-order valence-corrected chi connectivity index (χ4v) is 6.27. The number of likely N-dealkylation sites (tertiary alicyclic amines) is 1. The second-order valence-electron chi connectivity index (χ2n) is 10.7. The molecule has 3 aliphatic carbocycles. The van der Waals surface area contributed by atoms with Crippen LogP contribution in [0.15, 0.2) is 24.4 Å². The van der Waals surface area contributed by atoms with Crippen LogP contribution >= 0.6 is 0 Å². The number of imidazole rings is 1. The molecule has 1 aliphatic heterocycles. The van der Waals surface area contributed by atoms with E-state index in [-0.39, 0.29) is 24.3 Å². The van der Waals surface area contributed by atoms with Gasteiger partial charge in [-0.25, -0.2) is 4.98 Å². The van der Waals surface area contributed by atoms with Gasteiger partial charge in [0.2, 0.25) is 5.91 Å². The Hall–Kier alpha value is -2.41. The molecule has 3 N–H and O–H groups in total. The standard InChI is InChI=1S/C25H35N5O2/c1-25(2)17-7-6-16(20(25)12-17)14-27-24(32)21-4-3-5-22-28-19(15-30(21)22)13-23(31)29-10-8-18(26)9-11-29/h3-5,15-18,20H,6-14,26H2,1-2H3,(H,27,32)/t16-,17+,20-/m0/s1. The second-order valence-corrected chi connectivity index (χ2v) is 10.7. The normalized spacial score (nSPS) is 27.2. The van der Waals surface area contributed by atoms with Crippen molar-refractivity contribution in [2.24, 2.45) is 28.9 Å². The largest absolute Gasteiger partial charge is 0.350 e. The van der Waals surface area contributed by atoms with E-state index < -0.39 is 0 Å². The van der Waals surface area contributed by atoms with Gasteiger partial charge < -0.3 is 16.0 Å². The minimum Gasteiger partial charge on any atom is -0.350 e. The fraction of sp³-hybridized carbons (Fsp3) is 0.640. The lowest BCUT2D eigenvalue weighted by molar-refractivity contribution is -0.131. The number of nitrogens with two attached hydrogens (primary N) is 1. The van der Waals surface area contributed by atoms with Gasteiger partial charge >= 0.3 is 0 Å². The molecule has 2 amide bonds. The predicted octanol–water partition coefficient (Wildman–Crippen LogP) is 2.63. The van der Waals surface area contributed by atoms with Gasteiger partial charge in [0.1, 0.15) is 11.3 Å². The zero-order valence-corrected chi connectivity index (χ0v) is 19.2. The highest BCUT2D eigenvalue weighted by atomic mass is 16.2. The van der Waals surface area contributed by atoms with Crippen molar-refractivity contribution in [3.63, 3.8) is 0 Å². The zero-order valence-electron chi connectivity index (χ0n) is 19.2. The van der Waals surface area contributed by atoms with Gasteiger partial charge in [-0.1, -0.05) is 19.9 Å². The topological polar surface area (TPSA) is 92.7 Å². The number of carbonyl (C=O) groups excluding carboxylic acids is 2. The number of aromatic nitrogens is 2. The zero-order chi connectivity index (χ0) is 22.5. The summed E-state index contributed by atoms with van der Waals surface area (Å²) in [5.41, 5.74) is 8.32. The Labute approximate surface area is 189 Å². The molecular formula is C25H35N5O2. The summed E-state index contributed by atoms with van der Waals surface area (Å²) >= 11 is 0. The third-order valence-corrected chi connectivity index (χ3v) is 8.53. The summed E-state index contributed by atoms with van der Waals surface area (Å²) < 4.78 is 1.81. The first-order valence-corrected chi connectivity index (χ1v) is 12.1. The van der Waals surface area contributed by atoms with Gasteiger partial charge in [0.05, 0.1) is 12.1 Å². The molecule has 3 atom stereocenters. The van der Waals surface area contributed by atoms with Crippen molar-refractivity contribution in [3.05, 3.63) is 35.8 Å². The summed E-state index contributed by atoms with van der Waals surface area (Å²) in [7, 11) is 0. The molecule has 2 aromatic rings. The molecule has 6 rings (SSSR count). The predicted molar refractivity (Wildman–Crippen MR) is 123 cm³/mol. The Bertz CT molecular complexity index is 1020. The maximum absolute atomic E-state index is 13.0. The highest BCUT2D eigenvalue weighted by Crippen LogP contribution is 2.61. The first kappa shape index (κ1) is 21.4. The van der Waals surface area contributed by atoms with E-state index in [4.69, 9.17) is 5.73 Å². The Morgan fingerprint density at radius 3 is 2.69 bits per heavy atom. The van der Waals surface area contributed by atoms with Gasteiger partial charge in [-0.05, 0) is 67.4 Å². The molecule has 0 radical (unpaired) electrons. The van der Waals surface area contributed by atoms with Gasteiger partial charge in [-0.3, -0.25) is 14.0 Å². The molecule has 0 unspecified atom stereocenters. The van der Waals surface area contributed by atoms with E-state index in [9.17, 15) is 9.59 Å². The highest BCUT2D eigenvalue weighted by molar-refractivity contribution is 5.93. The summed E-state index contributed by atoms with van der Waals surface area (Å²) in [6.45, 7) is 6.91. The van der Waals surface area contributed by atoms with E-state index in [1.807, 2.05) is 33.7 Å². The number of carbonyl (C=O) groups is 2. The lowest BCUT2D eigenvalue weighted by atomic mass is 9.45. The quantitative estimate of drug-likeness (QED) is 0.752. The van der Waals surface area contributed by atoms with Gasteiger partial charge in [0, 0.05) is 31.9 Å². The van der Waals surface area contributed by atoms with E-state index in [2.05, 4.69) is 24.1 Å². The van der Waals surface area contributed by atoms with Crippen molar-refractivity contribution in [1.29, 1.82) is 0 Å². The van der Waals surface area contributed by atoms with Crippen molar-refractivity contribution >= 4 is 17.5 Å². The summed E-state index contributed by atoms with van der Waals surface area (Å²) in [6.07, 6.45) is 7.58. The smallest absolute Gasteiger partial charge is 0.268 e. The van der Waals surface area contributed by atoms with Crippen LogP contribution in [0.25, 0.3) is 5.65 Å². The van der Waals surface area contributed by atoms with Gasteiger partial charge in [0.15, 0.2) is 0 Å². The van der Waals surface area contributed by atoms with Crippen LogP contribution in [0, 0.1) is 23.2 Å². The van der Waals surface area contributed by atoms with Gasteiger partial charge in [-0.15, -0.1) is 0 Å². The van der Waals surface area contributed by atoms with E-state index in [1.54, 1.807) is 0 Å². The Morgan fingerprint density at radius 2 is 1.97 bits per heavy atom. The number of piperidine rings is 1. The number of hydrogen-bond donors (Lipinski definition) is 2. The number of amides is 2. The molecule has 7 heteroatoms. The third-order valence-electron chi connectivity index (χ3n) is 8.53. The molecule has 1 saturated heterocycles. The Morgan fingerprint density at radius 1 is 1.19 bits per heavy atom. The van der Waals surface area contributed by atoms with Crippen LogP contribution in [0.4, 0.5) is 0 Å². The van der Waals surface area contributed by atoms with E-state index in [1.165, 1.54) is 19.3 Å². The molecule has 7 nitrogen and oxygen atoms in total. The summed E-state index contributed by atoms with van der Waals surface area (Å²) in [6, 6.07) is 5.75. The first-order valence-electron chi connectivity index (χ1n) is 12.1. The monoisotopic (exact) mass is 437 g/mol. The van der Waals surface area contributed by atoms with Gasteiger partial charge in [0.25, 0.3) is 5.91 Å². The molecule has 0 spiro atoms.